The highest BCUT2D eigenvalue weighted by Crippen LogP contribution is 2.34. The van der Waals surface area contributed by atoms with E-state index < -0.39 is 5.97 Å². The van der Waals surface area contributed by atoms with Gasteiger partial charge in [-0.25, -0.2) is 9.48 Å². The minimum Gasteiger partial charge on any atom is -0.457 e. The monoisotopic (exact) mass is 248 g/mol. The van der Waals surface area contributed by atoms with E-state index in [-0.39, 0.29) is 12.4 Å². The lowest BCUT2D eigenvalue weighted by Crippen LogP contribution is -2.10. The fourth-order valence-corrected chi connectivity index (χ4v) is 1.69. The molecule has 1 aliphatic rings. The molecule has 0 saturated heterocycles. The summed E-state index contributed by atoms with van der Waals surface area (Å²) in [5, 5.41) is 11.3. The Balaban J connectivity index is 1.66. The van der Waals surface area contributed by atoms with Crippen LogP contribution in [0.4, 0.5) is 0 Å². The van der Waals surface area contributed by atoms with Gasteiger partial charge in [-0.2, -0.15) is 0 Å². The smallest absolute Gasteiger partial charge is 0.374 e. The van der Waals surface area contributed by atoms with Gasteiger partial charge in [-0.15, -0.1) is 5.10 Å². The number of aryl methyl sites for hydroxylation is 1. The van der Waals surface area contributed by atoms with Crippen LogP contribution < -0.4 is 0 Å². The summed E-state index contributed by atoms with van der Waals surface area (Å²) in [6, 6.07) is 2.07. The first kappa shape index (κ1) is 10.9. The van der Waals surface area contributed by atoms with Crippen molar-refractivity contribution in [3.05, 3.63) is 29.5 Å². The zero-order valence-electron chi connectivity index (χ0n) is 9.87. The van der Waals surface area contributed by atoms with Crippen molar-refractivity contribution in [1.29, 1.82) is 0 Å². The molecule has 0 amide bonds. The number of ether oxygens (including phenoxy) is 1. The van der Waals surface area contributed by atoms with Crippen LogP contribution in [0.3, 0.4) is 0 Å². The van der Waals surface area contributed by atoms with E-state index in [1.54, 1.807) is 17.7 Å². The Labute approximate surface area is 103 Å². The number of nitrogens with zero attached hydrogens (tertiary/aromatic N) is 4. The van der Waals surface area contributed by atoms with Crippen LogP contribution in [0.25, 0.3) is 0 Å². The number of hydrogen-bond acceptors (Lipinski definition) is 6. The minimum absolute atomic E-state index is 0.0580. The van der Waals surface area contributed by atoms with Crippen LogP contribution in [-0.2, 0) is 11.3 Å². The van der Waals surface area contributed by atoms with Crippen molar-refractivity contribution in [2.45, 2.75) is 32.4 Å². The molecule has 2 heterocycles. The molecule has 0 N–H and O–H groups in total. The second-order valence-electron chi connectivity index (χ2n) is 4.28. The van der Waals surface area contributed by atoms with E-state index in [9.17, 15) is 4.79 Å². The lowest BCUT2D eigenvalue weighted by Gasteiger charge is -2.03. The van der Waals surface area contributed by atoms with E-state index in [2.05, 4.69) is 15.5 Å². The first-order valence-electron chi connectivity index (χ1n) is 5.73. The molecule has 18 heavy (non-hydrogen) atoms. The van der Waals surface area contributed by atoms with Crippen molar-refractivity contribution in [2.24, 2.45) is 0 Å². The lowest BCUT2D eigenvalue weighted by molar-refractivity contribution is 0.0418. The first-order chi connectivity index (χ1) is 8.75. The van der Waals surface area contributed by atoms with Crippen molar-refractivity contribution < 1.29 is 13.9 Å². The summed E-state index contributed by atoms with van der Waals surface area (Å²) in [5.74, 6) is 0.290. The van der Waals surface area contributed by atoms with Crippen molar-refractivity contribution in [3.8, 4) is 0 Å². The molecule has 2 aromatic rings. The molecule has 0 bridgehead atoms. The van der Waals surface area contributed by atoms with Gasteiger partial charge in [0.15, 0.2) is 12.4 Å². The fraction of sp³-hybridized carbons (Fsp3) is 0.455. The summed E-state index contributed by atoms with van der Waals surface area (Å²) < 4.78 is 11.9. The second-order valence-corrected chi connectivity index (χ2v) is 4.28. The molecule has 7 heteroatoms. The molecule has 0 radical (unpaired) electrons. The summed E-state index contributed by atoms with van der Waals surface area (Å²) >= 11 is 0. The Bertz CT molecular complexity index is 570. The summed E-state index contributed by atoms with van der Waals surface area (Å²) in [4.78, 5) is 11.7. The van der Waals surface area contributed by atoms with Crippen molar-refractivity contribution in [1.82, 2.24) is 20.2 Å². The predicted octanol–water partition coefficient (Wildman–Crippen LogP) is 1.27. The number of furan rings is 1. The number of rotatable bonds is 4. The molecule has 2 aromatic heterocycles. The zero-order valence-corrected chi connectivity index (χ0v) is 9.87. The number of carbonyl (C=O) groups is 1. The summed E-state index contributed by atoms with van der Waals surface area (Å²) in [6.45, 7) is 1.84. The maximum atomic E-state index is 11.7. The Morgan fingerprint density at radius 1 is 1.61 bits per heavy atom. The lowest BCUT2D eigenvalue weighted by atomic mass is 10.3. The molecule has 0 aliphatic heterocycles. The van der Waals surface area contributed by atoms with Gasteiger partial charge >= 0.3 is 5.97 Å². The number of esters is 1. The van der Waals surface area contributed by atoms with Crippen molar-refractivity contribution in [3.63, 3.8) is 0 Å². The molecule has 0 aromatic carbocycles. The Morgan fingerprint density at radius 3 is 3.11 bits per heavy atom. The van der Waals surface area contributed by atoms with Crippen LogP contribution in [0, 0.1) is 6.92 Å². The predicted molar refractivity (Wildman–Crippen MR) is 58.7 cm³/mol. The molecule has 3 rings (SSSR count). The molecule has 0 atom stereocenters. The molecule has 0 spiro atoms. The van der Waals surface area contributed by atoms with E-state index in [1.165, 1.54) is 6.26 Å². The van der Waals surface area contributed by atoms with Gasteiger partial charge in [-0.1, -0.05) is 0 Å². The number of carbonyl (C=O) groups excluding carboxylic acids is 1. The van der Waals surface area contributed by atoms with E-state index in [0.717, 1.165) is 18.4 Å². The topological polar surface area (TPSA) is 83.0 Å². The third-order valence-corrected chi connectivity index (χ3v) is 2.83. The van der Waals surface area contributed by atoms with Crippen LogP contribution >= 0.6 is 0 Å². The third-order valence-electron chi connectivity index (χ3n) is 2.83. The Kier molecular flexibility index (Phi) is 2.58. The highest BCUT2D eigenvalue weighted by atomic mass is 16.5. The van der Waals surface area contributed by atoms with Crippen LogP contribution in [0.1, 0.15) is 40.8 Å². The largest absolute Gasteiger partial charge is 0.457 e. The minimum atomic E-state index is -0.497. The molecule has 0 unspecified atom stereocenters. The average Bonchev–Trinajstić information content (AvgIpc) is 2.94. The summed E-state index contributed by atoms with van der Waals surface area (Å²) in [6.07, 6.45) is 3.60. The Hall–Kier alpha value is -2.18. The normalized spacial score (nSPS) is 14.7. The molecule has 1 saturated carbocycles. The number of tetrazole rings is 1. The van der Waals surface area contributed by atoms with Gasteiger partial charge in [-0.05, 0) is 36.3 Å². The summed E-state index contributed by atoms with van der Waals surface area (Å²) in [5.41, 5.74) is 0.752. The van der Waals surface area contributed by atoms with Crippen molar-refractivity contribution >= 4 is 5.97 Å². The number of hydrogen-bond donors (Lipinski definition) is 0. The second kappa shape index (κ2) is 4.25. The average molecular weight is 248 g/mol. The third kappa shape index (κ3) is 1.99. The van der Waals surface area contributed by atoms with Gasteiger partial charge < -0.3 is 9.15 Å². The quantitative estimate of drug-likeness (QED) is 0.757. The van der Waals surface area contributed by atoms with Crippen LogP contribution in [0.5, 0.6) is 0 Å². The fourth-order valence-electron chi connectivity index (χ4n) is 1.69. The van der Waals surface area contributed by atoms with Crippen LogP contribution in [0.15, 0.2) is 16.7 Å². The zero-order chi connectivity index (χ0) is 12.5. The SMILES string of the molecule is Cc1ccoc1C(=O)OCc1nnnn1C1CC1. The van der Waals surface area contributed by atoms with Gasteiger partial charge in [0.25, 0.3) is 0 Å². The molecule has 94 valence electrons. The molecule has 1 aliphatic carbocycles. The maximum absolute atomic E-state index is 11.7. The van der Waals surface area contributed by atoms with Crippen LogP contribution in [0.2, 0.25) is 0 Å². The van der Waals surface area contributed by atoms with Crippen LogP contribution in [-0.4, -0.2) is 26.2 Å². The van der Waals surface area contributed by atoms with E-state index in [4.69, 9.17) is 9.15 Å². The van der Waals surface area contributed by atoms with Crippen molar-refractivity contribution in [2.75, 3.05) is 0 Å². The maximum Gasteiger partial charge on any atom is 0.374 e. The Morgan fingerprint density at radius 2 is 2.44 bits per heavy atom. The molecule has 1 fully saturated rings. The standard InChI is InChI=1S/C11H12N4O3/c1-7-4-5-17-10(7)11(16)18-6-9-12-13-14-15(9)8-2-3-8/h4-5,8H,2-3,6H2,1H3. The highest BCUT2D eigenvalue weighted by molar-refractivity contribution is 5.87. The van der Waals surface area contributed by atoms with E-state index in [0.29, 0.717) is 11.9 Å². The van der Waals surface area contributed by atoms with E-state index in [1.807, 2.05) is 0 Å². The summed E-state index contributed by atoms with van der Waals surface area (Å²) in [7, 11) is 0. The molecule has 7 nitrogen and oxygen atoms in total. The van der Waals surface area contributed by atoms with E-state index >= 15 is 0 Å². The number of aromatic nitrogens is 4. The first-order valence-corrected chi connectivity index (χ1v) is 5.73. The van der Waals surface area contributed by atoms with Gasteiger partial charge in [0, 0.05) is 5.56 Å². The molecular weight excluding hydrogens is 236 g/mol. The molecular formula is C11H12N4O3. The van der Waals surface area contributed by atoms with Gasteiger partial charge in [0.05, 0.1) is 12.3 Å². The highest BCUT2D eigenvalue weighted by Gasteiger charge is 2.28. The van der Waals surface area contributed by atoms with Gasteiger partial charge in [0.1, 0.15) is 0 Å². The van der Waals surface area contributed by atoms with Gasteiger partial charge in [0.2, 0.25) is 5.76 Å². The van der Waals surface area contributed by atoms with Gasteiger partial charge in [-0.3, -0.25) is 0 Å².